The molecule has 0 radical (unpaired) electrons. The summed E-state index contributed by atoms with van der Waals surface area (Å²) >= 11 is 0. The molecule has 1 heterocycles. The average Bonchev–Trinajstić information content (AvgIpc) is 2.16. The maximum Gasteiger partial charge on any atom is 0.266 e. The van der Waals surface area contributed by atoms with Crippen molar-refractivity contribution >= 4 is 5.97 Å². The number of rotatable bonds is 4. The lowest BCUT2D eigenvalue weighted by Crippen LogP contribution is -2.30. The van der Waals surface area contributed by atoms with Crippen LogP contribution in [0.2, 0.25) is 0 Å². The number of methoxy groups -OCH3 is 1. The third-order valence-electron chi connectivity index (χ3n) is 1.58. The number of ether oxygens (including phenoxy) is 1. The molecule has 0 bridgehead atoms. The predicted octanol–water partition coefficient (Wildman–Crippen LogP) is -1.75. The van der Waals surface area contributed by atoms with Crippen LogP contribution in [0.1, 0.15) is 10.5 Å². The van der Waals surface area contributed by atoms with E-state index >= 15 is 0 Å². The molecule has 0 aliphatic rings. The summed E-state index contributed by atoms with van der Waals surface area (Å²) in [5.74, 6) is -1.41. The summed E-state index contributed by atoms with van der Waals surface area (Å²) in [4.78, 5) is 21.5. The van der Waals surface area contributed by atoms with E-state index in [4.69, 9.17) is 4.74 Å². The van der Waals surface area contributed by atoms with Gasteiger partial charge in [-0.15, -0.1) is 0 Å². The molecule has 0 unspecified atom stereocenters. The molecule has 76 valence electrons. The standard InChI is InChI=1S/C8H10N2O4/c1-14-5-4-10-7(11)3-2-6(9-10)8(12)13/h2-3H,4-5H2,1H3,(H,12,13)/p-1. The average molecular weight is 197 g/mol. The van der Waals surface area contributed by atoms with Crippen molar-refractivity contribution in [3.05, 3.63) is 28.2 Å². The van der Waals surface area contributed by atoms with E-state index in [1.54, 1.807) is 0 Å². The number of carbonyl (C=O) groups is 1. The van der Waals surface area contributed by atoms with Crippen molar-refractivity contribution < 1.29 is 14.6 Å². The Morgan fingerprint density at radius 1 is 1.64 bits per heavy atom. The fraction of sp³-hybridized carbons (Fsp3) is 0.375. The molecule has 0 spiro atoms. The Labute approximate surface area is 79.7 Å². The first-order chi connectivity index (χ1) is 6.65. The van der Waals surface area contributed by atoms with Crippen LogP contribution in [0, 0.1) is 0 Å². The molecular formula is C8H9N2O4-. The first-order valence-electron chi connectivity index (χ1n) is 3.93. The Kier molecular flexibility index (Phi) is 3.35. The van der Waals surface area contributed by atoms with Crippen LogP contribution < -0.4 is 10.7 Å². The van der Waals surface area contributed by atoms with Crippen LogP contribution in [0.3, 0.4) is 0 Å². The number of carboxylic acids is 1. The maximum absolute atomic E-state index is 11.1. The second-order valence-electron chi connectivity index (χ2n) is 2.56. The van der Waals surface area contributed by atoms with Gasteiger partial charge in [0, 0.05) is 13.2 Å². The minimum atomic E-state index is -1.41. The summed E-state index contributed by atoms with van der Waals surface area (Å²) in [5, 5.41) is 14.0. The van der Waals surface area contributed by atoms with Gasteiger partial charge in [0.15, 0.2) is 0 Å². The van der Waals surface area contributed by atoms with Crippen LogP contribution in [-0.2, 0) is 11.3 Å². The lowest BCUT2D eigenvalue weighted by molar-refractivity contribution is -0.255. The SMILES string of the molecule is COCCn1nc(C(=O)[O-])ccc1=O. The number of aromatic nitrogens is 2. The van der Waals surface area contributed by atoms with Gasteiger partial charge in [0.2, 0.25) is 0 Å². The minimum absolute atomic E-state index is 0.219. The number of hydrogen-bond acceptors (Lipinski definition) is 5. The molecule has 0 amide bonds. The van der Waals surface area contributed by atoms with Crippen molar-refractivity contribution in [2.75, 3.05) is 13.7 Å². The molecule has 0 aliphatic heterocycles. The summed E-state index contributed by atoms with van der Waals surface area (Å²) in [5.41, 5.74) is -0.632. The first kappa shape index (κ1) is 10.4. The topological polar surface area (TPSA) is 84.2 Å². The molecule has 1 rings (SSSR count). The molecule has 0 saturated heterocycles. The van der Waals surface area contributed by atoms with Gasteiger partial charge in [-0.25, -0.2) is 4.68 Å². The second kappa shape index (κ2) is 4.52. The number of carbonyl (C=O) groups excluding carboxylic acids is 1. The van der Waals surface area contributed by atoms with Crippen LogP contribution >= 0.6 is 0 Å². The zero-order chi connectivity index (χ0) is 10.6. The fourth-order valence-corrected chi connectivity index (χ4v) is 0.896. The van der Waals surface area contributed by atoms with Crippen molar-refractivity contribution in [2.24, 2.45) is 0 Å². The van der Waals surface area contributed by atoms with Gasteiger partial charge < -0.3 is 14.6 Å². The second-order valence-corrected chi connectivity index (χ2v) is 2.56. The van der Waals surface area contributed by atoms with Gasteiger partial charge in [-0.1, -0.05) is 0 Å². The van der Waals surface area contributed by atoms with Crippen molar-refractivity contribution in [1.29, 1.82) is 0 Å². The largest absolute Gasteiger partial charge is 0.543 e. The smallest absolute Gasteiger partial charge is 0.266 e. The van der Waals surface area contributed by atoms with Crippen molar-refractivity contribution in [2.45, 2.75) is 6.54 Å². The van der Waals surface area contributed by atoms with E-state index in [9.17, 15) is 14.7 Å². The van der Waals surface area contributed by atoms with E-state index in [1.807, 2.05) is 0 Å². The summed E-state index contributed by atoms with van der Waals surface area (Å²) in [6.07, 6.45) is 0. The van der Waals surface area contributed by atoms with Crippen molar-refractivity contribution in [1.82, 2.24) is 9.78 Å². The number of hydrogen-bond donors (Lipinski definition) is 0. The molecule has 0 aliphatic carbocycles. The Balaban J connectivity index is 2.96. The zero-order valence-corrected chi connectivity index (χ0v) is 7.60. The van der Waals surface area contributed by atoms with Crippen molar-refractivity contribution in [3.8, 4) is 0 Å². The number of nitrogens with zero attached hydrogens (tertiary/aromatic N) is 2. The molecule has 1 aromatic rings. The summed E-state index contributed by atoms with van der Waals surface area (Å²) < 4.78 is 5.76. The van der Waals surface area contributed by atoms with Gasteiger partial charge in [0.25, 0.3) is 5.56 Å². The van der Waals surface area contributed by atoms with E-state index in [-0.39, 0.29) is 17.8 Å². The molecule has 6 nitrogen and oxygen atoms in total. The van der Waals surface area contributed by atoms with E-state index < -0.39 is 5.97 Å². The van der Waals surface area contributed by atoms with E-state index in [0.29, 0.717) is 6.61 Å². The Hall–Kier alpha value is -1.69. The normalized spacial score (nSPS) is 10.1. The van der Waals surface area contributed by atoms with E-state index in [2.05, 4.69) is 5.10 Å². The highest BCUT2D eigenvalue weighted by atomic mass is 16.5. The zero-order valence-electron chi connectivity index (χ0n) is 7.60. The van der Waals surface area contributed by atoms with Gasteiger partial charge in [-0.05, 0) is 6.07 Å². The minimum Gasteiger partial charge on any atom is -0.543 e. The maximum atomic E-state index is 11.1. The Morgan fingerprint density at radius 3 is 2.93 bits per heavy atom. The molecule has 14 heavy (non-hydrogen) atoms. The number of carboxylic acid groups (broad SMARTS) is 1. The van der Waals surface area contributed by atoms with Gasteiger partial charge in [-0.2, -0.15) is 5.10 Å². The molecular weight excluding hydrogens is 188 g/mol. The molecule has 0 atom stereocenters. The summed E-state index contributed by atoms with van der Waals surface area (Å²) in [6.45, 7) is 0.514. The molecule has 1 aromatic heterocycles. The highest BCUT2D eigenvalue weighted by Gasteiger charge is 2.00. The van der Waals surface area contributed by atoms with Crippen LogP contribution in [0.4, 0.5) is 0 Å². The predicted molar refractivity (Wildman–Crippen MR) is 44.7 cm³/mol. The molecule has 0 N–H and O–H groups in total. The lowest BCUT2D eigenvalue weighted by Gasteiger charge is -2.06. The van der Waals surface area contributed by atoms with Gasteiger partial charge in [-0.3, -0.25) is 4.79 Å². The van der Waals surface area contributed by atoms with E-state index in [1.165, 1.54) is 7.11 Å². The van der Waals surface area contributed by atoms with Crippen LogP contribution in [-0.4, -0.2) is 29.5 Å². The lowest BCUT2D eigenvalue weighted by atomic mass is 10.4. The van der Waals surface area contributed by atoms with Crippen LogP contribution in [0.15, 0.2) is 16.9 Å². The Morgan fingerprint density at radius 2 is 2.36 bits per heavy atom. The molecule has 6 heteroatoms. The van der Waals surface area contributed by atoms with E-state index in [0.717, 1.165) is 16.8 Å². The molecule has 0 aromatic carbocycles. The quantitative estimate of drug-likeness (QED) is 0.571. The first-order valence-corrected chi connectivity index (χ1v) is 3.93. The summed E-state index contributed by atoms with van der Waals surface area (Å²) in [6, 6.07) is 2.24. The van der Waals surface area contributed by atoms with Gasteiger partial charge in [0.05, 0.1) is 19.1 Å². The summed E-state index contributed by atoms with van der Waals surface area (Å²) in [7, 11) is 1.48. The third-order valence-corrected chi connectivity index (χ3v) is 1.58. The monoisotopic (exact) mass is 197 g/mol. The van der Waals surface area contributed by atoms with Crippen LogP contribution in [0.25, 0.3) is 0 Å². The third kappa shape index (κ3) is 2.40. The molecule has 0 fully saturated rings. The highest BCUT2D eigenvalue weighted by molar-refractivity contribution is 5.82. The molecule has 0 saturated carbocycles. The van der Waals surface area contributed by atoms with Crippen LogP contribution in [0.5, 0.6) is 0 Å². The number of aromatic carboxylic acids is 1. The van der Waals surface area contributed by atoms with Gasteiger partial charge >= 0.3 is 0 Å². The van der Waals surface area contributed by atoms with Crippen molar-refractivity contribution in [3.63, 3.8) is 0 Å². The van der Waals surface area contributed by atoms with Gasteiger partial charge in [0.1, 0.15) is 5.69 Å². The fourth-order valence-electron chi connectivity index (χ4n) is 0.896. The Bertz CT molecular complexity index is 385. The highest BCUT2D eigenvalue weighted by Crippen LogP contribution is 1.87.